The zero-order chi connectivity index (χ0) is 14.7. The van der Waals surface area contributed by atoms with E-state index in [4.69, 9.17) is 4.74 Å². The molecule has 1 aromatic rings. The average Bonchev–Trinajstić information content (AvgIpc) is 2.48. The van der Waals surface area contributed by atoms with Crippen molar-refractivity contribution in [2.45, 2.75) is 25.3 Å². The summed E-state index contributed by atoms with van der Waals surface area (Å²) in [6, 6.07) is 2.34. The molecule has 0 aliphatic carbocycles. The molecule has 108 valence electrons. The Morgan fingerprint density at radius 1 is 1.35 bits per heavy atom. The van der Waals surface area contributed by atoms with Crippen molar-refractivity contribution in [2.24, 2.45) is 7.05 Å². The van der Waals surface area contributed by atoms with Crippen molar-refractivity contribution in [1.82, 2.24) is 9.47 Å². The van der Waals surface area contributed by atoms with Crippen molar-refractivity contribution in [3.8, 4) is 0 Å². The van der Waals surface area contributed by atoms with E-state index in [1.54, 1.807) is 19.3 Å². The van der Waals surface area contributed by atoms with E-state index >= 15 is 0 Å². The summed E-state index contributed by atoms with van der Waals surface area (Å²) < 4.78 is 6.14. The monoisotopic (exact) mass is 278 g/mol. The minimum atomic E-state index is -0.551. The van der Waals surface area contributed by atoms with Crippen molar-refractivity contribution in [2.75, 3.05) is 13.7 Å². The van der Waals surface area contributed by atoms with Gasteiger partial charge >= 0.3 is 5.97 Å². The van der Waals surface area contributed by atoms with E-state index in [-0.39, 0.29) is 11.5 Å². The molecule has 1 aliphatic rings. The predicted octanol–water partition coefficient (Wildman–Crippen LogP) is 0.553. The Kier molecular flexibility index (Phi) is 4.22. The predicted molar refractivity (Wildman–Crippen MR) is 72.4 cm³/mol. The van der Waals surface area contributed by atoms with Gasteiger partial charge in [0.25, 0.3) is 11.5 Å². The summed E-state index contributed by atoms with van der Waals surface area (Å²) in [5.41, 5.74) is 0.0615. The van der Waals surface area contributed by atoms with Gasteiger partial charge in [-0.25, -0.2) is 4.79 Å². The first-order chi connectivity index (χ1) is 9.54. The number of methoxy groups -OCH3 is 1. The lowest BCUT2D eigenvalue weighted by molar-refractivity contribution is -0.147. The number of hydrogen-bond donors (Lipinski definition) is 0. The molecule has 20 heavy (non-hydrogen) atoms. The van der Waals surface area contributed by atoms with Crippen LogP contribution in [0.4, 0.5) is 0 Å². The van der Waals surface area contributed by atoms with Crippen molar-refractivity contribution >= 4 is 11.9 Å². The van der Waals surface area contributed by atoms with Crippen LogP contribution in [-0.4, -0.2) is 41.0 Å². The molecule has 0 bridgehead atoms. The third kappa shape index (κ3) is 2.74. The molecule has 0 spiro atoms. The van der Waals surface area contributed by atoms with Gasteiger partial charge in [0.15, 0.2) is 0 Å². The number of aryl methyl sites for hydroxylation is 1. The normalized spacial score (nSPS) is 18.7. The number of pyridine rings is 1. The van der Waals surface area contributed by atoms with E-state index in [1.807, 2.05) is 0 Å². The maximum atomic E-state index is 12.5. The van der Waals surface area contributed by atoms with Crippen LogP contribution in [0.1, 0.15) is 29.6 Å². The van der Waals surface area contributed by atoms with Gasteiger partial charge in [-0.2, -0.15) is 0 Å². The number of rotatable bonds is 2. The quantitative estimate of drug-likeness (QED) is 0.741. The Morgan fingerprint density at radius 3 is 2.75 bits per heavy atom. The SMILES string of the molecule is COC(=O)[C@H]1CCCCN1C(=O)c1ccn(C)c(=O)c1. The van der Waals surface area contributed by atoms with Gasteiger partial charge in [0.2, 0.25) is 0 Å². The molecule has 2 rings (SSSR count). The second-order valence-electron chi connectivity index (χ2n) is 4.90. The first-order valence-electron chi connectivity index (χ1n) is 6.60. The van der Waals surface area contributed by atoms with Gasteiger partial charge in [0.1, 0.15) is 6.04 Å². The Bertz CT molecular complexity index is 579. The van der Waals surface area contributed by atoms with Crippen LogP contribution in [0.2, 0.25) is 0 Å². The highest BCUT2D eigenvalue weighted by atomic mass is 16.5. The van der Waals surface area contributed by atoms with Crippen LogP contribution in [0.25, 0.3) is 0 Å². The largest absolute Gasteiger partial charge is 0.467 e. The summed E-state index contributed by atoms with van der Waals surface area (Å²) in [7, 11) is 2.94. The topological polar surface area (TPSA) is 68.6 Å². The first-order valence-corrected chi connectivity index (χ1v) is 6.60. The van der Waals surface area contributed by atoms with Crippen molar-refractivity contribution < 1.29 is 14.3 Å². The van der Waals surface area contributed by atoms with E-state index in [9.17, 15) is 14.4 Å². The first kappa shape index (κ1) is 14.3. The molecule has 1 aromatic heterocycles. The fourth-order valence-electron chi connectivity index (χ4n) is 2.40. The molecule has 1 aliphatic heterocycles. The molecule has 0 radical (unpaired) electrons. The van der Waals surface area contributed by atoms with Gasteiger partial charge in [-0.15, -0.1) is 0 Å². The highest BCUT2D eigenvalue weighted by Crippen LogP contribution is 2.20. The molecule has 1 fully saturated rings. The Labute approximate surface area is 116 Å². The Hall–Kier alpha value is -2.11. The van der Waals surface area contributed by atoms with Gasteiger partial charge in [0, 0.05) is 31.4 Å². The molecule has 1 saturated heterocycles. The lowest BCUT2D eigenvalue weighted by Gasteiger charge is -2.33. The molecule has 1 amide bonds. The zero-order valence-corrected chi connectivity index (χ0v) is 11.7. The highest BCUT2D eigenvalue weighted by Gasteiger charge is 2.33. The van der Waals surface area contributed by atoms with Crippen LogP contribution in [0.3, 0.4) is 0 Å². The van der Waals surface area contributed by atoms with Crippen LogP contribution < -0.4 is 5.56 Å². The molecule has 0 aromatic carbocycles. The number of carbonyl (C=O) groups excluding carboxylic acids is 2. The lowest BCUT2D eigenvalue weighted by Crippen LogP contribution is -2.48. The summed E-state index contributed by atoms with van der Waals surface area (Å²) in [5, 5.41) is 0. The number of piperidine rings is 1. The van der Waals surface area contributed by atoms with E-state index < -0.39 is 12.0 Å². The Balaban J connectivity index is 2.27. The van der Waals surface area contributed by atoms with Crippen LogP contribution in [-0.2, 0) is 16.6 Å². The molecule has 6 nitrogen and oxygen atoms in total. The number of hydrogen-bond acceptors (Lipinski definition) is 4. The number of aromatic nitrogens is 1. The van der Waals surface area contributed by atoms with Gasteiger partial charge in [-0.05, 0) is 25.3 Å². The van der Waals surface area contributed by atoms with Crippen LogP contribution in [0.5, 0.6) is 0 Å². The molecule has 2 heterocycles. The van der Waals surface area contributed by atoms with Crippen molar-refractivity contribution in [3.63, 3.8) is 0 Å². The van der Waals surface area contributed by atoms with E-state index in [0.29, 0.717) is 18.5 Å². The molecule has 0 unspecified atom stereocenters. The number of ether oxygens (including phenoxy) is 1. The van der Waals surface area contributed by atoms with E-state index in [1.165, 1.54) is 22.6 Å². The number of likely N-dealkylation sites (tertiary alicyclic amines) is 1. The highest BCUT2D eigenvalue weighted by molar-refractivity contribution is 5.96. The fraction of sp³-hybridized carbons (Fsp3) is 0.500. The number of esters is 1. The molecular formula is C14H18N2O4. The van der Waals surface area contributed by atoms with Crippen LogP contribution in [0, 0.1) is 0 Å². The van der Waals surface area contributed by atoms with Gasteiger partial charge in [-0.1, -0.05) is 0 Å². The van der Waals surface area contributed by atoms with Gasteiger partial charge < -0.3 is 14.2 Å². The lowest BCUT2D eigenvalue weighted by atomic mass is 10.0. The van der Waals surface area contributed by atoms with E-state index in [2.05, 4.69) is 0 Å². The van der Waals surface area contributed by atoms with Crippen molar-refractivity contribution in [1.29, 1.82) is 0 Å². The summed E-state index contributed by atoms with van der Waals surface area (Å²) in [6.07, 6.45) is 3.89. The van der Waals surface area contributed by atoms with Crippen molar-refractivity contribution in [3.05, 3.63) is 34.2 Å². The van der Waals surface area contributed by atoms with Gasteiger partial charge in [-0.3, -0.25) is 9.59 Å². The summed E-state index contributed by atoms with van der Waals surface area (Å²) in [6.45, 7) is 0.508. The number of nitrogens with zero attached hydrogens (tertiary/aromatic N) is 2. The third-order valence-corrected chi connectivity index (χ3v) is 3.59. The number of amides is 1. The third-order valence-electron chi connectivity index (χ3n) is 3.59. The average molecular weight is 278 g/mol. The van der Waals surface area contributed by atoms with Crippen LogP contribution in [0.15, 0.2) is 23.1 Å². The summed E-state index contributed by atoms with van der Waals surface area (Å²) in [4.78, 5) is 37.3. The maximum absolute atomic E-state index is 12.5. The smallest absolute Gasteiger partial charge is 0.328 e. The van der Waals surface area contributed by atoms with Gasteiger partial charge in [0.05, 0.1) is 7.11 Å². The standard InChI is InChI=1S/C14H18N2O4/c1-15-8-6-10(9-12(15)17)13(18)16-7-4-3-5-11(16)14(19)20-2/h6,8-9,11H,3-5,7H2,1-2H3/t11-/m1/s1. The molecule has 0 saturated carbocycles. The fourth-order valence-corrected chi connectivity index (χ4v) is 2.40. The summed E-state index contributed by atoms with van der Waals surface area (Å²) >= 11 is 0. The van der Waals surface area contributed by atoms with Crippen LogP contribution >= 0.6 is 0 Å². The second-order valence-corrected chi connectivity index (χ2v) is 4.90. The molecular weight excluding hydrogens is 260 g/mol. The summed E-state index contributed by atoms with van der Waals surface area (Å²) in [5.74, 6) is -0.695. The minimum Gasteiger partial charge on any atom is -0.467 e. The second kappa shape index (κ2) is 5.90. The molecule has 6 heteroatoms. The minimum absolute atomic E-state index is 0.248. The number of carbonyl (C=O) groups is 2. The Morgan fingerprint density at radius 2 is 2.10 bits per heavy atom. The zero-order valence-electron chi connectivity index (χ0n) is 11.7. The van der Waals surface area contributed by atoms with E-state index in [0.717, 1.165) is 12.8 Å². The maximum Gasteiger partial charge on any atom is 0.328 e. The molecule has 0 N–H and O–H groups in total. The molecule has 1 atom stereocenters.